The number of hydrogen-bond acceptors (Lipinski definition) is 5. The van der Waals surface area contributed by atoms with Crippen LogP contribution in [0.4, 0.5) is 11.6 Å². The first-order valence-electron chi connectivity index (χ1n) is 5.78. The molecule has 0 saturated heterocycles. The molecular weight excluding hydrogens is 240 g/mol. The third-order valence-electron chi connectivity index (χ3n) is 3.50. The Balaban J connectivity index is 1.99. The van der Waals surface area contributed by atoms with Gasteiger partial charge in [-0.1, -0.05) is 18.0 Å². The summed E-state index contributed by atoms with van der Waals surface area (Å²) in [4.78, 5) is 7.87. The molecule has 1 fully saturated rings. The van der Waals surface area contributed by atoms with Gasteiger partial charge < -0.3 is 16.2 Å². The Kier molecular flexibility index (Phi) is 3.69. The molecule has 94 valence electrons. The Labute approximate surface area is 105 Å². The highest BCUT2D eigenvalue weighted by Crippen LogP contribution is 2.44. The molecule has 1 heterocycles. The van der Waals surface area contributed by atoms with Crippen LogP contribution in [0, 0.1) is 5.41 Å². The van der Waals surface area contributed by atoms with Crippen molar-refractivity contribution in [1.82, 2.24) is 9.97 Å². The van der Waals surface area contributed by atoms with Gasteiger partial charge in [0.05, 0.1) is 0 Å². The van der Waals surface area contributed by atoms with E-state index in [-0.39, 0.29) is 17.8 Å². The summed E-state index contributed by atoms with van der Waals surface area (Å²) < 4.78 is 0. The molecule has 0 radical (unpaired) electrons. The van der Waals surface area contributed by atoms with Crippen LogP contribution in [-0.4, -0.2) is 28.2 Å². The standard InChI is InChI=1S/C11H17ClN4O/c12-8-9(13)15-7-16-10(8)14-6-11(4-5-17)2-1-3-11/h7,17H,1-6H2,(H3,13,14,15,16). The lowest BCUT2D eigenvalue weighted by Gasteiger charge is -2.42. The summed E-state index contributed by atoms with van der Waals surface area (Å²) in [5.41, 5.74) is 5.79. The molecule has 0 unspecified atom stereocenters. The van der Waals surface area contributed by atoms with E-state index in [9.17, 15) is 0 Å². The minimum atomic E-state index is 0.192. The number of aliphatic hydroxyl groups is 1. The molecular formula is C11H17ClN4O. The topological polar surface area (TPSA) is 84.1 Å². The maximum atomic E-state index is 9.06. The number of aliphatic hydroxyl groups excluding tert-OH is 1. The van der Waals surface area contributed by atoms with Crippen LogP contribution in [0.3, 0.4) is 0 Å². The zero-order chi connectivity index (χ0) is 12.3. The van der Waals surface area contributed by atoms with Crippen molar-refractivity contribution in [1.29, 1.82) is 0 Å². The number of anilines is 2. The SMILES string of the molecule is Nc1ncnc(NCC2(CCO)CCC2)c1Cl. The average Bonchev–Trinajstić information content (AvgIpc) is 2.27. The first kappa shape index (κ1) is 12.4. The summed E-state index contributed by atoms with van der Waals surface area (Å²) in [5.74, 6) is 0.859. The molecule has 17 heavy (non-hydrogen) atoms. The lowest BCUT2D eigenvalue weighted by molar-refractivity contribution is 0.102. The van der Waals surface area contributed by atoms with Crippen LogP contribution in [0.2, 0.25) is 5.02 Å². The molecule has 1 aromatic rings. The first-order chi connectivity index (χ1) is 8.17. The van der Waals surface area contributed by atoms with E-state index in [0.717, 1.165) is 25.8 Å². The number of nitrogen functional groups attached to an aromatic ring is 1. The van der Waals surface area contributed by atoms with E-state index in [1.54, 1.807) is 0 Å². The summed E-state index contributed by atoms with van der Waals surface area (Å²) >= 11 is 6.00. The van der Waals surface area contributed by atoms with Crippen LogP contribution >= 0.6 is 11.6 Å². The van der Waals surface area contributed by atoms with Gasteiger partial charge in [0.25, 0.3) is 0 Å². The molecule has 1 aliphatic carbocycles. The summed E-state index contributed by atoms with van der Waals surface area (Å²) in [6.45, 7) is 0.991. The van der Waals surface area contributed by atoms with Crippen molar-refractivity contribution < 1.29 is 5.11 Å². The minimum Gasteiger partial charge on any atom is -0.396 e. The third kappa shape index (κ3) is 2.61. The van der Waals surface area contributed by atoms with Crippen LogP contribution < -0.4 is 11.1 Å². The van der Waals surface area contributed by atoms with E-state index in [2.05, 4.69) is 15.3 Å². The van der Waals surface area contributed by atoms with Gasteiger partial charge in [0, 0.05) is 13.2 Å². The molecule has 0 amide bonds. The Morgan fingerprint density at radius 1 is 1.47 bits per heavy atom. The van der Waals surface area contributed by atoms with E-state index in [4.69, 9.17) is 22.4 Å². The maximum Gasteiger partial charge on any atom is 0.150 e. The number of hydrogen-bond donors (Lipinski definition) is 3. The summed E-state index contributed by atoms with van der Waals surface area (Å²) in [6, 6.07) is 0. The molecule has 4 N–H and O–H groups in total. The minimum absolute atomic E-state index is 0.192. The van der Waals surface area contributed by atoms with Gasteiger partial charge in [-0.3, -0.25) is 0 Å². The maximum absolute atomic E-state index is 9.06. The van der Waals surface area contributed by atoms with Gasteiger partial charge in [-0.25, -0.2) is 9.97 Å². The van der Waals surface area contributed by atoms with Gasteiger partial charge in [-0.05, 0) is 24.7 Å². The number of aromatic nitrogens is 2. The lowest BCUT2D eigenvalue weighted by Crippen LogP contribution is -2.37. The molecule has 5 nitrogen and oxygen atoms in total. The fourth-order valence-corrected chi connectivity index (χ4v) is 2.37. The molecule has 2 rings (SSSR count). The highest BCUT2D eigenvalue weighted by Gasteiger charge is 2.36. The molecule has 6 heteroatoms. The van der Waals surface area contributed by atoms with Gasteiger partial charge in [0.15, 0.2) is 0 Å². The Morgan fingerprint density at radius 2 is 2.24 bits per heavy atom. The monoisotopic (exact) mass is 256 g/mol. The predicted molar refractivity (Wildman–Crippen MR) is 67.9 cm³/mol. The first-order valence-corrected chi connectivity index (χ1v) is 6.15. The number of nitrogens with one attached hydrogen (secondary N) is 1. The van der Waals surface area contributed by atoms with Crippen LogP contribution in [0.15, 0.2) is 6.33 Å². The third-order valence-corrected chi connectivity index (χ3v) is 3.88. The van der Waals surface area contributed by atoms with Crippen LogP contribution in [0.25, 0.3) is 0 Å². The second kappa shape index (κ2) is 5.06. The molecule has 0 spiro atoms. The molecule has 0 aromatic carbocycles. The van der Waals surface area contributed by atoms with Crippen LogP contribution in [0.1, 0.15) is 25.7 Å². The Morgan fingerprint density at radius 3 is 2.82 bits per heavy atom. The smallest absolute Gasteiger partial charge is 0.150 e. The number of rotatable bonds is 5. The van der Waals surface area contributed by atoms with Gasteiger partial charge in [-0.15, -0.1) is 0 Å². The fourth-order valence-electron chi connectivity index (χ4n) is 2.21. The van der Waals surface area contributed by atoms with E-state index >= 15 is 0 Å². The summed E-state index contributed by atoms with van der Waals surface area (Å²) in [5, 5.41) is 12.6. The lowest BCUT2D eigenvalue weighted by atomic mass is 9.67. The zero-order valence-electron chi connectivity index (χ0n) is 9.62. The van der Waals surface area contributed by atoms with E-state index in [0.29, 0.717) is 10.8 Å². The van der Waals surface area contributed by atoms with Crippen molar-refractivity contribution >= 4 is 23.2 Å². The quantitative estimate of drug-likeness (QED) is 0.746. The van der Waals surface area contributed by atoms with Crippen molar-refractivity contribution in [3.63, 3.8) is 0 Å². The molecule has 0 aliphatic heterocycles. The Hall–Kier alpha value is -1.07. The molecule has 0 bridgehead atoms. The Bertz CT molecular complexity index is 395. The highest BCUT2D eigenvalue weighted by molar-refractivity contribution is 6.35. The van der Waals surface area contributed by atoms with Gasteiger partial charge in [-0.2, -0.15) is 0 Å². The van der Waals surface area contributed by atoms with Crippen LogP contribution in [0.5, 0.6) is 0 Å². The van der Waals surface area contributed by atoms with E-state index < -0.39 is 0 Å². The van der Waals surface area contributed by atoms with E-state index in [1.807, 2.05) is 0 Å². The van der Waals surface area contributed by atoms with Gasteiger partial charge in [0.2, 0.25) is 0 Å². The number of nitrogens with zero attached hydrogens (tertiary/aromatic N) is 2. The average molecular weight is 257 g/mol. The fraction of sp³-hybridized carbons (Fsp3) is 0.636. The second-order valence-corrected chi connectivity index (χ2v) is 4.98. The molecule has 1 saturated carbocycles. The largest absolute Gasteiger partial charge is 0.396 e. The summed E-state index contributed by atoms with van der Waals surface area (Å²) in [6.07, 6.45) is 5.71. The van der Waals surface area contributed by atoms with Gasteiger partial charge >= 0.3 is 0 Å². The van der Waals surface area contributed by atoms with Crippen molar-refractivity contribution in [2.24, 2.45) is 5.41 Å². The summed E-state index contributed by atoms with van der Waals surface area (Å²) in [7, 11) is 0. The highest BCUT2D eigenvalue weighted by atomic mass is 35.5. The van der Waals surface area contributed by atoms with Gasteiger partial charge in [0.1, 0.15) is 23.0 Å². The van der Waals surface area contributed by atoms with Crippen LogP contribution in [-0.2, 0) is 0 Å². The molecule has 0 atom stereocenters. The number of halogens is 1. The van der Waals surface area contributed by atoms with Crippen molar-refractivity contribution in [2.75, 3.05) is 24.2 Å². The molecule has 1 aromatic heterocycles. The second-order valence-electron chi connectivity index (χ2n) is 4.60. The zero-order valence-corrected chi connectivity index (χ0v) is 10.4. The van der Waals surface area contributed by atoms with Crippen molar-refractivity contribution in [3.8, 4) is 0 Å². The molecule has 1 aliphatic rings. The van der Waals surface area contributed by atoms with Crippen molar-refractivity contribution in [2.45, 2.75) is 25.7 Å². The predicted octanol–water partition coefficient (Wildman–Crippen LogP) is 1.68. The normalized spacial score (nSPS) is 17.5. The number of nitrogens with two attached hydrogens (primary N) is 1. The van der Waals surface area contributed by atoms with E-state index in [1.165, 1.54) is 12.7 Å². The van der Waals surface area contributed by atoms with Crippen molar-refractivity contribution in [3.05, 3.63) is 11.3 Å².